The number of carbonyl (C=O) groups excluding carboxylic acids is 2. The van der Waals surface area contributed by atoms with E-state index in [-0.39, 0.29) is 11.9 Å². The minimum absolute atomic E-state index is 0.252. The first kappa shape index (κ1) is 10.2. The average Bonchev–Trinajstić information content (AvgIpc) is 2.65. The summed E-state index contributed by atoms with van der Waals surface area (Å²) in [5.74, 6) is -0.252. The lowest BCUT2D eigenvalue weighted by atomic mass is 10.2. The molecule has 3 amide bonds. The number of imide groups is 1. The van der Waals surface area contributed by atoms with Gasteiger partial charge >= 0.3 is 6.03 Å². The third kappa shape index (κ3) is 2.02. The predicted molar refractivity (Wildman–Crippen MR) is 58.6 cm³/mol. The van der Waals surface area contributed by atoms with Crippen molar-refractivity contribution in [3.8, 4) is 0 Å². The smallest absolute Gasteiger partial charge is 0.324 e. The van der Waals surface area contributed by atoms with Crippen LogP contribution in [-0.2, 0) is 0 Å². The van der Waals surface area contributed by atoms with E-state index in [4.69, 9.17) is 0 Å². The molecule has 4 nitrogen and oxygen atoms in total. The fourth-order valence-corrected chi connectivity index (χ4v) is 1.68. The van der Waals surface area contributed by atoms with Gasteiger partial charge in [-0.1, -0.05) is 15.9 Å². The Bertz CT molecular complexity index is 402. The van der Waals surface area contributed by atoms with Gasteiger partial charge < -0.3 is 5.32 Å². The maximum absolute atomic E-state index is 11.8. The van der Waals surface area contributed by atoms with Gasteiger partial charge in [0, 0.05) is 23.1 Å². The third-order valence-electron chi connectivity index (χ3n) is 2.19. The van der Waals surface area contributed by atoms with E-state index in [9.17, 15) is 9.59 Å². The zero-order chi connectivity index (χ0) is 10.8. The number of halogens is 1. The Morgan fingerprint density at radius 1 is 1.33 bits per heavy atom. The largest absolute Gasteiger partial charge is 0.336 e. The van der Waals surface area contributed by atoms with Crippen LogP contribution in [0.1, 0.15) is 10.4 Å². The van der Waals surface area contributed by atoms with E-state index in [0.717, 1.165) is 4.47 Å². The van der Waals surface area contributed by atoms with Gasteiger partial charge in [0.2, 0.25) is 0 Å². The van der Waals surface area contributed by atoms with Gasteiger partial charge in [0.25, 0.3) is 5.91 Å². The topological polar surface area (TPSA) is 49.4 Å². The third-order valence-corrected chi connectivity index (χ3v) is 2.72. The van der Waals surface area contributed by atoms with Gasteiger partial charge in [0.05, 0.1) is 0 Å². The van der Waals surface area contributed by atoms with Gasteiger partial charge in [0.15, 0.2) is 0 Å². The molecule has 0 unspecified atom stereocenters. The SMILES string of the molecule is O=C1NCCN1C(=O)c1ccc(Br)cc1. The lowest BCUT2D eigenvalue weighted by Crippen LogP contribution is -2.34. The van der Waals surface area contributed by atoms with Crippen LogP contribution in [0.5, 0.6) is 0 Å². The summed E-state index contributed by atoms with van der Waals surface area (Å²) in [5, 5.41) is 2.59. The maximum atomic E-state index is 11.8. The first-order chi connectivity index (χ1) is 7.18. The van der Waals surface area contributed by atoms with E-state index >= 15 is 0 Å². The zero-order valence-corrected chi connectivity index (χ0v) is 9.45. The van der Waals surface area contributed by atoms with Crippen molar-refractivity contribution in [3.63, 3.8) is 0 Å². The molecule has 0 radical (unpaired) electrons. The Hall–Kier alpha value is -1.36. The normalized spacial score (nSPS) is 15.3. The van der Waals surface area contributed by atoms with Crippen LogP contribution in [-0.4, -0.2) is 29.9 Å². The molecule has 78 valence electrons. The number of nitrogens with zero attached hydrogens (tertiary/aromatic N) is 1. The highest BCUT2D eigenvalue weighted by Crippen LogP contribution is 2.13. The summed E-state index contributed by atoms with van der Waals surface area (Å²) in [4.78, 5) is 24.3. The lowest BCUT2D eigenvalue weighted by molar-refractivity contribution is 0.0829. The van der Waals surface area contributed by atoms with Gasteiger partial charge in [-0.3, -0.25) is 9.69 Å². The molecule has 0 bridgehead atoms. The van der Waals surface area contributed by atoms with Crippen molar-refractivity contribution in [2.24, 2.45) is 0 Å². The number of hydrogen-bond donors (Lipinski definition) is 1. The number of nitrogens with one attached hydrogen (secondary N) is 1. The highest BCUT2D eigenvalue weighted by molar-refractivity contribution is 9.10. The highest BCUT2D eigenvalue weighted by atomic mass is 79.9. The second-order valence-electron chi connectivity index (χ2n) is 3.20. The van der Waals surface area contributed by atoms with Crippen LogP contribution in [0.3, 0.4) is 0 Å². The van der Waals surface area contributed by atoms with Crippen LogP contribution in [0.15, 0.2) is 28.7 Å². The van der Waals surface area contributed by atoms with Gasteiger partial charge in [-0.05, 0) is 24.3 Å². The molecule has 1 N–H and O–H groups in total. The Kier molecular flexibility index (Phi) is 2.73. The molecule has 0 aliphatic carbocycles. The number of hydrogen-bond acceptors (Lipinski definition) is 2. The summed E-state index contributed by atoms with van der Waals surface area (Å²) < 4.78 is 0.907. The van der Waals surface area contributed by atoms with Crippen LogP contribution < -0.4 is 5.32 Å². The second-order valence-corrected chi connectivity index (χ2v) is 4.11. The molecular formula is C10H9BrN2O2. The molecule has 1 heterocycles. The molecule has 0 spiro atoms. The molecule has 1 aromatic rings. The van der Waals surface area contributed by atoms with Crippen molar-refractivity contribution in [1.29, 1.82) is 0 Å². The molecule has 1 fully saturated rings. The fourth-order valence-electron chi connectivity index (χ4n) is 1.41. The lowest BCUT2D eigenvalue weighted by Gasteiger charge is -2.11. The van der Waals surface area contributed by atoms with Gasteiger partial charge in [0.1, 0.15) is 0 Å². The summed E-state index contributed by atoms with van der Waals surface area (Å²) in [6, 6.07) is 6.63. The van der Waals surface area contributed by atoms with Crippen molar-refractivity contribution >= 4 is 27.9 Å². The first-order valence-electron chi connectivity index (χ1n) is 4.54. The van der Waals surface area contributed by atoms with E-state index in [1.165, 1.54) is 4.90 Å². The van der Waals surface area contributed by atoms with E-state index in [1.807, 2.05) is 0 Å². The number of rotatable bonds is 1. The minimum atomic E-state index is -0.317. The van der Waals surface area contributed by atoms with Crippen LogP contribution >= 0.6 is 15.9 Å². The maximum Gasteiger partial charge on any atom is 0.324 e. The van der Waals surface area contributed by atoms with Gasteiger partial charge in [-0.15, -0.1) is 0 Å². The van der Waals surface area contributed by atoms with Crippen LogP contribution in [0, 0.1) is 0 Å². The number of amides is 3. The molecule has 1 aromatic carbocycles. The van der Waals surface area contributed by atoms with Crippen LogP contribution in [0.4, 0.5) is 4.79 Å². The highest BCUT2D eigenvalue weighted by Gasteiger charge is 2.26. The van der Waals surface area contributed by atoms with Gasteiger partial charge in [-0.2, -0.15) is 0 Å². The molecule has 1 aliphatic heterocycles. The van der Waals surface area contributed by atoms with Gasteiger partial charge in [-0.25, -0.2) is 4.79 Å². The Morgan fingerprint density at radius 3 is 2.53 bits per heavy atom. The summed E-state index contributed by atoms with van der Waals surface area (Å²) in [6.07, 6.45) is 0. The predicted octanol–water partition coefficient (Wildman–Crippen LogP) is 1.61. The van der Waals surface area contributed by atoms with Crippen LogP contribution in [0.25, 0.3) is 0 Å². The van der Waals surface area contributed by atoms with Crippen molar-refractivity contribution in [2.75, 3.05) is 13.1 Å². The summed E-state index contributed by atoms with van der Waals surface area (Å²) in [7, 11) is 0. The number of benzene rings is 1. The standard InChI is InChI=1S/C10H9BrN2O2/c11-8-3-1-7(2-4-8)9(14)13-6-5-12-10(13)15/h1-4H,5-6H2,(H,12,15). The summed E-state index contributed by atoms with van der Waals surface area (Å²) >= 11 is 3.29. The molecule has 5 heteroatoms. The fraction of sp³-hybridized carbons (Fsp3) is 0.200. The van der Waals surface area contributed by atoms with Crippen molar-refractivity contribution in [3.05, 3.63) is 34.3 Å². The molecule has 0 saturated carbocycles. The van der Waals surface area contributed by atoms with E-state index in [2.05, 4.69) is 21.2 Å². The Labute approximate surface area is 95.4 Å². The summed E-state index contributed by atoms with van der Waals surface area (Å²) in [6.45, 7) is 0.967. The second kappa shape index (κ2) is 4.02. The van der Waals surface area contributed by atoms with E-state index in [0.29, 0.717) is 18.7 Å². The molecule has 15 heavy (non-hydrogen) atoms. The Balaban J connectivity index is 2.20. The molecule has 0 atom stereocenters. The molecule has 1 aliphatic rings. The van der Waals surface area contributed by atoms with E-state index < -0.39 is 0 Å². The average molecular weight is 269 g/mol. The van der Waals surface area contributed by atoms with Crippen molar-refractivity contribution in [2.45, 2.75) is 0 Å². The molecule has 0 aromatic heterocycles. The number of urea groups is 1. The first-order valence-corrected chi connectivity index (χ1v) is 5.33. The van der Waals surface area contributed by atoms with Crippen molar-refractivity contribution < 1.29 is 9.59 Å². The number of carbonyl (C=O) groups is 2. The van der Waals surface area contributed by atoms with E-state index in [1.54, 1.807) is 24.3 Å². The monoisotopic (exact) mass is 268 g/mol. The minimum Gasteiger partial charge on any atom is -0.336 e. The molecule has 2 rings (SSSR count). The Morgan fingerprint density at radius 2 is 2.00 bits per heavy atom. The zero-order valence-electron chi connectivity index (χ0n) is 7.87. The quantitative estimate of drug-likeness (QED) is 0.842. The summed E-state index contributed by atoms with van der Waals surface area (Å²) in [5.41, 5.74) is 0.523. The molecular weight excluding hydrogens is 260 g/mol. The molecule has 1 saturated heterocycles. The van der Waals surface area contributed by atoms with Crippen LogP contribution in [0.2, 0.25) is 0 Å². The van der Waals surface area contributed by atoms with Crippen molar-refractivity contribution in [1.82, 2.24) is 10.2 Å².